The van der Waals surface area contributed by atoms with Crippen molar-refractivity contribution in [2.24, 2.45) is 5.92 Å². The van der Waals surface area contributed by atoms with Crippen LogP contribution in [-0.4, -0.2) is 6.61 Å². The fourth-order valence-electron chi connectivity index (χ4n) is 1.26. The highest BCUT2D eigenvalue weighted by atomic mass is 79.9. The zero-order valence-electron chi connectivity index (χ0n) is 9.88. The highest BCUT2D eigenvalue weighted by Gasteiger charge is 2.04. The van der Waals surface area contributed by atoms with E-state index in [4.69, 9.17) is 4.74 Å². The molecule has 0 amide bonds. The lowest BCUT2D eigenvalue weighted by Gasteiger charge is -2.12. The van der Waals surface area contributed by atoms with Crippen molar-refractivity contribution in [1.29, 1.82) is 0 Å². The van der Waals surface area contributed by atoms with Gasteiger partial charge >= 0.3 is 0 Å². The minimum Gasteiger partial charge on any atom is -0.493 e. The van der Waals surface area contributed by atoms with Gasteiger partial charge in [0.25, 0.3) is 0 Å². The van der Waals surface area contributed by atoms with Crippen LogP contribution in [0.15, 0.2) is 22.7 Å². The van der Waals surface area contributed by atoms with Gasteiger partial charge in [0.15, 0.2) is 0 Å². The summed E-state index contributed by atoms with van der Waals surface area (Å²) in [6, 6.07) is 6.29. The minimum atomic E-state index is 0.531. The molecule has 0 N–H and O–H groups in total. The van der Waals surface area contributed by atoms with Crippen LogP contribution in [0.25, 0.3) is 0 Å². The zero-order chi connectivity index (χ0) is 11.4. The van der Waals surface area contributed by atoms with Gasteiger partial charge in [-0.1, -0.05) is 43.6 Å². The number of rotatable bonds is 4. The Balaban J connectivity index is 2.79. The molecule has 0 fully saturated rings. The molecule has 1 nitrogen and oxygen atoms in total. The molecule has 0 unspecified atom stereocenters. The standard InChI is InChI=1S/C13H19BrO/c1-9(2)8-15-13-6-11(10(3)4)5-12(14)7-13/h5-7,9-10H,8H2,1-4H3. The summed E-state index contributed by atoms with van der Waals surface area (Å²) in [6.07, 6.45) is 0. The van der Waals surface area contributed by atoms with Crippen LogP contribution in [0.1, 0.15) is 39.2 Å². The van der Waals surface area contributed by atoms with Crippen molar-refractivity contribution in [2.75, 3.05) is 6.61 Å². The molecule has 0 heterocycles. The molecule has 0 aliphatic rings. The first-order valence-electron chi connectivity index (χ1n) is 5.42. The van der Waals surface area contributed by atoms with Gasteiger partial charge in [-0.3, -0.25) is 0 Å². The van der Waals surface area contributed by atoms with Crippen molar-refractivity contribution in [3.63, 3.8) is 0 Å². The summed E-state index contributed by atoms with van der Waals surface area (Å²) in [5.41, 5.74) is 1.31. The van der Waals surface area contributed by atoms with E-state index in [0.29, 0.717) is 11.8 Å². The average molecular weight is 271 g/mol. The Morgan fingerprint density at radius 3 is 2.33 bits per heavy atom. The smallest absolute Gasteiger partial charge is 0.120 e. The zero-order valence-corrected chi connectivity index (χ0v) is 11.5. The van der Waals surface area contributed by atoms with Gasteiger partial charge < -0.3 is 4.74 Å². The Kier molecular flexibility index (Phi) is 4.65. The predicted octanol–water partition coefficient (Wildman–Crippen LogP) is 4.61. The second-order valence-corrected chi connectivity index (χ2v) is 5.50. The van der Waals surface area contributed by atoms with Crippen LogP contribution < -0.4 is 4.74 Å². The fourth-order valence-corrected chi connectivity index (χ4v) is 1.75. The van der Waals surface area contributed by atoms with Crippen LogP contribution >= 0.6 is 15.9 Å². The highest BCUT2D eigenvalue weighted by Crippen LogP contribution is 2.26. The molecule has 0 aromatic heterocycles. The summed E-state index contributed by atoms with van der Waals surface area (Å²) in [4.78, 5) is 0. The van der Waals surface area contributed by atoms with E-state index in [1.807, 2.05) is 6.07 Å². The highest BCUT2D eigenvalue weighted by molar-refractivity contribution is 9.10. The van der Waals surface area contributed by atoms with E-state index < -0.39 is 0 Å². The van der Waals surface area contributed by atoms with Gasteiger partial charge in [0.1, 0.15) is 5.75 Å². The van der Waals surface area contributed by atoms with Crippen molar-refractivity contribution in [1.82, 2.24) is 0 Å². The molecule has 2 heteroatoms. The van der Waals surface area contributed by atoms with Crippen LogP contribution in [0.4, 0.5) is 0 Å². The normalized spacial score (nSPS) is 11.1. The summed E-state index contributed by atoms with van der Waals surface area (Å²) < 4.78 is 6.80. The number of halogens is 1. The van der Waals surface area contributed by atoms with Gasteiger partial charge in [0.05, 0.1) is 6.61 Å². The molecule has 0 aliphatic carbocycles. The second kappa shape index (κ2) is 5.55. The van der Waals surface area contributed by atoms with E-state index in [1.165, 1.54) is 5.56 Å². The first-order chi connectivity index (χ1) is 6.99. The quantitative estimate of drug-likeness (QED) is 0.777. The van der Waals surface area contributed by atoms with Crippen LogP contribution in [0.5, 0.6) is 5.75 Å². The number of hydrogen-bond acceptors (Lipinski definition) is 1. The summed E-state index contributed by atoms with van der Waals surface area (Å²) in [7, 11) is 0. The molecule has 0 spiro atoms. The molecular weight excluding hydrogens is 252 g/mol. The van der Waals surface area contributed by atoms with Crippen molar-refractivity contribution in [3.8, 4) is 5.75 Å². The van der Waals surface area contributed by atoms with E-state index in [-0.39, 0.29) is 0 Å². The molecule has 0 aliphatic heterocycles. The SMILES string of the molecule is CC(C)COc1cc(Br)cc(C(C)C)c1. The van der Waals surface area contributed by atoms with Crippen LogP contribution in [-0.2, 0) is 0 Å². The maximum atomic E-state index is 5.71. The van der Waals surface area contributed by atoms with Crippen LogP contribution in [0.3, 0.4) is 0 Å². The Bertz CT molecular complexity index is 318. The number of hydrogen-bond donors (Lipinski definition) is 0. The monoisotopic (exact) mass is 270 g/mol. The molecule has 0 bridgehead atoms. The number of benzene rings is 1. The maximum Gasteiger partial charge on any atom is 0.120 e. The topological polar surface area (TPSA) is 9.23 Å². The first-order valence-corrected chi connectivity index (χ1v) is 6.21. The summed E-state index contributed by atoms with van der Waals surface area (Å²) in [5.74, 6) is 2.05. The number of ether oxygens (including phenoxy) is 1. The third-order valence-electron chi connectivity index (χ3n) is 2.14. The molecule has 0 saturated carbocycles. The molecule has 1 aromatic rings. The van der Waals surface area contributed by atoms with Crippen molar-refractivity contribution in [2.45, 2.75) is 33.6 Å². The van der Waals surface area contributed by atoms with E-state index in [1.54, 1.807) is 0 Å². The lowest BCUT2D eigenvalue weighted by molar-refractivity contribution is 0.270. The second-order valence-electron chi connectivity index (χ2n) is 4.58. The Morgan fingerprint density at radius 2 is 1.80 bits per heavy atom. The van der Waals surface area contributed by atoms with E-state index in [0.717, 1.165) is 16.8 Å². The Morgan fingerprint density at radius 1 is 1.13 bits per heavy atom. The Hall–Kier alpha value is -0.500. The molecule has 0 atom stereocenters. The third kappa shape index (κ3) is 4.25. The predicted molar refractivity (Wildman–Crippen MR) is 68.6 cm³/mol. The molecule has 0 radical (unpaired) electrons. The summed E-state index contributed by atoms with van der Waals surface area (Å²) in [6.45, 7) is 9.46. The van der Waals surface area contributed by atoms with Gasteiger partial charge in [-0.05, 0) is 35.6 Å². The van der Waals surface area contributed by atoms with Crippen molar-refractivity contribution in [3.05, 3.63) is 28.2 Å². The van der Waals surface area contributed by atoms with Gasteiger partial charge in [0, 0.05) is 4.47 Å². The lowest BCUT2D eigenvalue weighted by atomic mass is 10.0. The molecular formula is C13H19BrO. The average Bonchev–Trinajstić information content (AvgIpc) is 2.13. The molecule has 15 heavy (non-hydrogen) atoms. The summed E-state index contributed by atoms with van der Waals surface area (Å²) in [5, 5.41) is 0. The van der Waals surface area contributed by atoms with Gasteiger partial charge in [-0.2, -0.15) is 0 Å². The van der Waals surface area contributed by atoms with E-state index in [9.17, 15) is 0 Å². The molecule has 84 valence electrons. The molecule has 0 saturated heterocycles. The van der Waals surface area contributed by atoms with E-state index >= 15 is 0 Å². The molecule has 1 rings (SSSR count). The largest absolute Gasteiger partial charge is 0.493 e. The van der Waals surface area contributed by atoms with Crippen molar-refractivity contribution >= 4 is 15.9 Å². The minimum absolute atomic E-state index is 0.531. The lowest BCUT2D eigenvalue weighted by Crippen LogP contribution is -2.04. The fraction of sp³-hybridized carbons (Fsp3) is 0.538. The third-order valence-corrected chi connectivity index (χ3v) is 2.60. The van der Waals surface area contributed by atoms with Gasteiger partial charge in [0.2, 0.25) is 0 Å². The van der Waals surface area contributed by atoms with Gasteiger partial charge in [-0.25, -0.2) is 0 Å². The van der Waals surface area contributed by atoms with Crippen LogP contribution in [0, 0.1) is 5.92 Å². The first kappa shape index (κ1) is 12.6. The molecule has 1 aromatic carbocycles. The maximum absolute atomic E-state index is 5.71. The Labute approximate surface area is 101 Å². The van der Waals surface area contributed by atoms with Crippen molar-refractivity contribution < 1.29 is 4.74 Å². The van der Waals surface area contributed by atoms with E-state index in [2.05, 4.69) is 55.8 Å². The summed E-state index contributed by atoms with van der Waals surface area (Å²) >= 11 is 3.51. The van der Waals surface area contributed by atoms with Gasteiger partial charge in [-0.15, -0.1) is 0 Å². The van der Waals surface area contributed by atoms with Crippen LogP contribution in [0.2, 0.25) is 0 Å².